The van der Waals surface area contributed by atoms with Crippen LogP contribution in [0.5, 0.6) is 0 Å². The number of aryl methyl sites for hydroxylation is 1. The minimum absolute atomic E-state index is 0.154. The number of nitro benzene ring substituents is 1. The second-order valence-corrected chi connectivity index (χ2v) is 8.30. The van der Waals surface area contributed by atoms with Crippen molar-refractivity contribution in [1.82, 2.24) is 19.9 Å². The standard InChI is InChI=1S/C14H19N5O4S2/c1-4-5-13-15-14(17-16-13)24-12-7-6-10(8-11(12)19(20)21)25(22,23)18-9(2)3/h6-9,18H,4-5H2,1-3H3,(H,15,16,17). The van der Waals surface area contributed by atoms with Gasteiger partial charge in [0.25, 0.3) is 5.69 Å². The lowest BCUT2D eigenvalue weighted by Crippen LogP contribution is -2.30. The Bertz CT molecular complexity index is 864. The van der Waals surface area contributed by atoms with E-state index in [0.29, 0.717) is 11.0 Å². The van der Waals surface area contributed by atoms with E-state index in [1.54, 1.807) is 13.8 Å². The number of nitrogens with one attached hydrogen (secondary N) is 2. The number of nitrogens with zero attached hydrogens (tertiary/aromatic N) is 3. The molecule has 0 aliphatic rings. The average Bonchev–Trinajstić information content (AvgIpc) is 2.93. The number of benzene rings is 1. The van der Waals surface area contributed by atoms with Crippen LogP contribution in [0.15, 0.2) is 33.1 Å². The second-order valence-electron chi connectivity index (χ2n) is 5.58. The number of hydrogen-bond donors (Lipinski definition) is 2. The van der Waals surface area contributed by atoms with E-state index in [4.69, 9.17) is 0 Å². The molecule has 2 rings (SSSR count). The monoisotopic (exact) mass is 385 g/mol. The molecule has 9 nitrogen and oxygen atoms in total. The minimum atomic E-state index is -3.81. The Morgan fingerprint density at radius 1 is 1.40 bits per heavy atom. The van der Waals surface area contributed by atoms with Crippen LogP contribution in [0, 0.1) is 10.1 Å². The zero-order chi connectivity index (χ0) is 18.6. The van der Waals surface area contributed by atoms with E-state index in [1.165, 1.54) is 12.1 Å². The Morgan fingerprint density at radius 3 is 2.72 bits per heavy atom. The van der Waals surface area contributed by atoms with Crippen LogP contribution in [0.3, 0.4) is 0 Å². The molecule has 0 atom stereocenters. The second kappa shape index (κ2) is 7.93. The Balaban J connectivity index is 2.34. The maximum absolute atomic E-state index is 12.2. The number of H-pyrrole nitrogens is 1. The highest BCUT2D eigenvalue weighted by molar-refractivity contribution is 7.99. The largest absolute Gasteiger partial charge is 0.284 e. The summed E-state index contributed by atoms with van der Waals surface area (Å²) in [6.45, 7) is 5.35. The molecule has 0 saturated carbocycles. The summed E-state index contributed by atoms with van der Waals surface area (Å²) in [6.07, 6.45) is 1.63. The van der Waals surface area contributed by atoms with Crippen LogP contribution in [0.1, 0.15) is 33.0 Å². The van der Waals surface area contributed by atoms with Crippen molar-refractivity contribution in [2.45, 2.75) is 54.6 Å². The van der Waals surface area contributed by atoms with E-state index >= 15 is 0 Å². The lowest BCUT2D eigenvalue weighted by atomic mass is 10.3. The summed E-state index contributed by atoms with van der Waals surface area (Å²) in [6, 6.07) is 3.46. The van der Waals surface area contributed by atoms with Crippen molar-refractivity contribution in [2.75, 3.05) is 0 Å². The molecule has 0 spiro atoms. The first-order valence-corrected chi connectivity index (χ1v) is 9.92. The van der Waals surface area contributed by atoms with Crippen LogP contribution in [-0.2, 0) is 16.4 Å². The Hall–Kier alpha value is -1.98. The van der Waals surface area contributed by atoms with Crippen molar-refractivity contribution in [3.8, 4) is 0 Å². The molecule has 0 fully saturated rings. The van der Waals surface area contributed by atoms with Crippen LogP contribution in [0.25, 0.3) is 0 Å². The smallest absolute Gasteiger partial charge is 0.262 e. The molecule has 0 amide bonds. The quantitative estimate of drug-likeness (QED) is 0.527. The third kappa shape index (κ3) is 5.00. The fourth-order valence-electron chi connectivity index (χ4n) is 2.04. The highest BCUT2D eigenvalue weighted by Gasteiger charge is 2.23. The first kappa shape index (κ1) is 19.3. The van der Waals surface area contributed by atoms with E-state index in [0.717, 1.165) is 30.7 Å². The first-order chi connectivity index (χ1) is 11.7. The molecule has 2 N–H and O–H groups in total. The Labute approximate surface area is 149 Å². The average molecular weight is 385 g/mol. The molecule has 0 radical (unpaired) electrons. The van der Waals surface area contributed by atoms with Gasteiger partial charge in [-0.05, 0) is 44.2 Å². The van der Waals surface area contributed by atoms with Crippen LogP contribution in [0.4, 0.5) is 5.69 Å². The SMILES string of the molecule is CCCc1nc(Sc2ccc(S(=O)(=O)NC(C)C)cc2[N+](=O)[O-])n[nH]1. The van der Waals surface area contributed by atoms with Crippen LogP contribution in [0.2, 0.25) is 0 Å². The number of aromatic nitrogens is 3. The fraction of sp³-hybridized carbons (Fsp3) is 0.429. The van der Waals surface area contributed by atoms with Gasteiger partial charge >= 0.3 is 0 Å². The van der Waals surface area contributed by atoms with Crippen LogP contribution >= 0.6 is 11.8 Å². The predicted molar refractivity (Wildman–Crippen MR) is 93.1 cm³/mol. The Kier molecular flexibility index (Phi) is 6.14. The van der Waals surface area contributed by atoms with Gasteiger partial charge in [-0.1, -0.05) is 6.92 Å². The maximum Gasteiger partial charge on any atom is 0.284 e. The van der Waals surface area contributed by atoms with Crippen molar-refractivity contribution < 1.29 is 13.3 Å². The molecule has 11 heteroatoms. The minimum Gasteiger partial charge on any atom is -0.262 e. The number of nitro groups is 1. The van der Waals surface area contributed by atoms with Crippen LogP contribution < -0.4 is 4.72 Å². The van der Waals surface area contributed by atoms with Crippen molar-refractivity contribution >= 4 is 27.5 Å². The lowest BCUT2D eigenvalue weighted by molar-refractivity contribution is -0.388. The molecular formula is C14H19N5O4S2. The number of aromatic amines is 1. The van der Waals surface area contributed by atoms with E-state index in [1.807, 2.05) is 6.92 Å². The molecule has 1 aromatic heterocycles. The molecular weight excluding hydrogens is 366 g/mol. The topological polar surface area (TPSA) is 131 Å². The lowest BCUT2D eigenvalue weighted by Gasteiger charge is -2.10. The van der Waals surface area contributed by atoms with Gasteiger partial charge in [0.05, 0.1) is 14.7 Å². The van der Waals surface area contributed by atoms with Gasteiger partial charge in [-0.25, -0.2) is 18.1 Å². The molecule has 1 heterocycles. The third-order valence-corrected chi connectivity index (χ3v) is 5.61. The van der Waals surface area contributed by atoms with Gasteiger partial charge < -0.3 is 0 Å². The third-order valence-electron chi connectivity index (χ3n) is 3.03. The number of rotatable bonds is 8. The molecule has 0 unspecified atom stereocenters. The van der Waals surface area contributed by atoms with Gasteiger partial charge in [0.2, 0.25) is 15.2 Å². The van der Waals surface area contributed by atoms with Gasteiger partial charge in [0, 0.05) is 18.5 Å². The first-order valence-electron chi connectivity index (χ1n) is 7.63. The summed E-state index contributed by atoms with van der Waals surface area (Å²) in [5.74, 6) is 0.702. The normalized spacial score (nSPS) is 11.8. The zero-order valence-corrected chi connectivity index (χ0v) is 15.6. The van der Waals surface area contributed by atoms with E-state index in [9.17, 15) is 18.5 Å². The number of hydrogen-bond acceptors (Lipinski definition) is 7. The summed E-state index contributed by atoms with van der Waals surface area (Å²) in [5, 5.41) is 18.5. The molecule has 136 valence electrons. The van der Waals surface area contributed by atoms with Gasteiger partial charge in [0.15, 0.2) is 0 Å². The summed E-state index contributed by atoms with van der Waals surface area (Å²) in [7, 11) is -3.81. The molecule has 0 saturated heterocycles. The fourth-order valence-corrected chi connectivity index (χ4v) is 4.13. The predicted octanol–water partition coefficient (Wildman–Crippen LogP) is 2.50. The van der Waals surface area contributed by atoms with Crippen LogP contribution in [-0.4, -0.2) is 34.6 Å². The van der Waals surface area contributed by atoms with Crippen molar-refractivity contribution in [3.05, 3.63) is 34.1 Å². The highest BCUT2D eigenvalue weighted by atomic mass is 32.2. The molecule has 0 bridgehead atoms. The highest BCUT2D eigenvalue weighted by Crippen LogP contribution is 2.34. The molecule has 25 heavy (non-hydrogen) atoms. The Morgan fingerprint density at radius 2 is 2.12 bits per heavy atom. The summed E-state index contributed by atoms with van der Waals surface area (Å²) in [4.78, 5) is 15.1. The van der Waals surface area contributed by atoms with Gasteiger partial charge in [0.1, 0.15) is 5.82 Å². The molecule has 1 aromatic carbocycles. The molecule has 0 aliphatic heterocycles. The van der Waals surface area contributed by atoms with Gasteiger partial charge in [-0.2, -0.15) is 0 Å². The van der Waals surface area contributed by atoms with Gasteiger partial charge in [-0.3, -0.25) is 15.2 Å². The van der Waals surface area contributed by atoms with E-state index < -0.39 is 14.9 Å². The van der Waals surface area contributed by atoms with E-state index in [-0.39, 0.29) is 21.5 Å². The maximum atomic E-state index is 12.2. The van der Waals surface area contributed by atoms with Crippen molar-refractivity contribution in [1.29, 1.82) is 0 Å². The van der Waals surface area contributed by atoms with Crippen molar-refractivity contribution in [2.24, 2.45) is 0 Å². The molecule has 2 aromatic rings. The zero-order valence-electron chi connectivity index (χ0n) is 14.0. The van der Waals surface area contributed by atoms with Crippen molar-refractivity contribution in [3.63, 3.8) is 0 Å². The van der Waals surface area contributed by atoms with E-state index in [2.05, 4.69) is 19.9 Å². The molecule has 0 aliphatic carbocycles. The summed E-state index contributed by atoms with van der Waals surface area (Å²) >= 11 is 1.01. The summed E-state index contributed by atoms with van der Waals surface area (Å²) < 4.78 is 26.8. The summed E-state index contributed by atoms with van der Waals surface area (Å²) in [5.41, 5.74) is -0.307. The number of sulfonamides is 1. The van der Waals surface area contributed by atoms with Gasteiger partial charge in [-0.15, -0.1) is 5.10 Å².